The summed E-state index contributed by atoms with van der Waals surface area (Å²) in [7, 11) is 0. The molecule has 12 heteroatoms. The van der Waals surface area contributed by atoms with Crippen molar-refractivity contribution in [3.05, 3.63) is 96.5 Å². The highest BCUT2D eigenvalue weighted by atomic mass is 79.9. The number of carbonyl (C=O) groups excluding carboxylic acids is 1. The largest absolute Gasteiger partial charge is 0.490 e. The molecule has 3 aromatic rings. The summed E-state index contributed by atoms with van der Waals surface area (Å²) in [4.78, 5) is 34.1. The first-order valence-electron chi connectivity index (χ1n) is 10.9. The van der Waals surface area contributed by atoms with Crippen LogP contribution >= 0.6 is 15.9 Å². The van der Waals surface area contributed by atoms with Crippen LogP contribution in [0.4, 0.5) is 17.1 Å². The van der Waals surface area contributed by atoms with Crippen LogP contribution in [0.3, 0.4) is 0 Å². The van der Waals surface area contributed by atoms with Gasteiger partial charge in [0.05, 0.1) is 44.0 Å². The minimum atomic E-state index is -0.762. The standard InChI is InChI=1S/C25H19BrN4O7/c1-3-36-23-13-16(11-19-15(2)27-28(25(19)31)17-7-5-4-6-8-17)12-20(26)24(23)37-22-10-9-18(29(32)33)14-21(22)30(34)35/h4-14H,3H2,1-2H3/b19-11+. The molecule has 37 heavy (non-hydrogen) atoms. The topological polar surface area (TPSA) is 137 Å². The summed E-state index contributed by atoms with van der Waals surface area (Å²) in [6.07, 6.45) is 1.66. The zero-order chi connectivity index (χ0) is 26.7. The maximum Gasteiger partial charge on any atom is 0.318 e. The van der Waals surface area contributed by atoms with Crippen molar-refractivity contribution in [1.82, 2.24) is 0 Å². The van der Waals surface area contributed by atoms with Crippen molar-refractivity contribution in [1.29, 1.82) is 0 Å². The van der Waals surface area contributed by atoms with Gasteiger partial charge in [-0.2, -0.15) is 10.1 Å². The third kappa shape index (κ3) is 5.33. The molecule has 3 aromatic carbocycles. The zero-order valence-corrected chi connectivity index (χ0v) is 21.2. The highest BCUT2D eigenvalue weighted by Crippen LogP contribution is 2.43. The van der Waals surface area contributed by atoms with Gasteiger partial charge in [0.1, 0.15) is 0 Å². The molecule has 0 aromatic heterocycles. The summed E-state index contributed by atoms with van der Waals surface area (Å²) in [6.45, 7) is 3.74. The van der Waals surface area contributed by atoms with Crippen molar-refractivity contribution in [2.45, 2.75) is 13.8 Å². The van der Waals surface area contributed by atoms with Crippen molar-refractivity contribution < 1.29 is 24.1 Å². The SMILES string of the molecule is CCOc1cc(/C=C2/C(=O)N(c3ccccc3)N=C2C)cc(Br)c1Oc1ccc([N+](=O)[O-])cc1[N+](=O)[O-]. The predicted octanol–water partition coefficient (Wildman–Crippen LogP) is 6.26. The Morgan fingerprint density at radius 1 is 1.03 bits per heavy atom. The second-order valence-electron chi connectivity index (χ2n) is 7.73. The van der Waals surface area contributed by atoms with Crippen LogP contribution in [-0.2, 0) is 4.79 Å². The first-order valence-corrected chi connectivity index (χ1v) is 11.7. The summed E-state index contributed by atoms with van der Waals surface area (Å²) in [6, 6.07) is 15.4. The number of nitrogens with zero attached hydrogens (tertiary/aromatic N) is 4. The van der Waals surface area contributed by atoms with Crippen molar-refractivity contribution in [2.75, 3.05) is 11.6 Å². The molecule has 1 aliphatic rings. The molecule has 1 heterocycles. The number of halogens is 1. The number of amides is 1. The van der Waals surface area contributed by atoms with Gasteiger partial charge in [-0.1, -0.05) is 18.2 Å². The van der Waals surface area contributed by atoms with E-state index in [1.807, 2.05) is 18.2 Å². The molecule has 0 unspecified atom stereocenters. The van der Waals surface area contributed by atoms with E-state index in [9.17, 15) is 25.0 Å². The lowest BCUT2D eigenvalue weighted by atomic mass is 10.1. The number of anilines is 1. The van der Waals surface area contributed by atoms with E-state index in [0.717, 1.165) is 18.2 Å². The van der Waals surface area contributed by atoms with Crippen molar-refractivity contribution in [2.24, 2.45) is 5.10 Å². The number of carbonyl (C=O) groups is 1. The maximum absolute atomic E-state index is 13.1. The lowest BCUT2D eigenvalue weighted by Crippen LogP contribution is -2.21. The molecule has 0 spiro atoms. The van der Waals surface area contributed by atoms with Crippen molar-refractivity contribution in [3.8, 4) is 17.2 Å². The number of hydrogen-bond acceptors (Lipinski definition) is 8. The van der Waals surface area contributed by atoms with Gasteiger partial charge >= 0.3 is 5.69 Å². The first-order chi connectivity index (χ1) is 17.7. The summed E-state index contributed by atoms with van der Waals surface area (Å²) in [5, 5.41) is 28.3. The quantitative estimate of drug-likeness (QED) is 0.178. The summed E-state index contributed by atoms with van der Waals surface area (Å²) < 4.78 is 11.9. The highest BCUT2D eigenvalue weighted by molar-refractivity contribution is 9.10. The average molecular weight is 567 g/mol. The summed E-state index contributed by atoms with van der Waals surface area (Å²) in [5.41, 5.74) is 1.14. The highest BCUT2D eigenvalue weighted by Gasteiger charge is 2.29. The maximum atomic E-state index is 13.1. The van der Waals surface area contributed by atoms with Gasteiger partial charge in [0.25, 0.3) is 11.6 Å². The number of hydrogen-bond donors (Lipinski definition) is 0. The normalized spacial score (nSPS) is 14.0. The van der Waals surface area contributed by atoms with E-state index >= 15 is 0 Å². The minimum Gasteiger partial charge on any atom is -0.490 e. The van der Waals surface area contributed by atoms with Crippen LogP contribution in [0.5, 0.6) is 17.2 Å². The Balaban J connectivity index is 1.71. The second kappa shape index (κ2) is 10.6. The van der Waals surface area contributed by atoms with Crippen LogP contribution < -0.4 is 14.5 Å². The van der Waals surface area contributed by atoms with Crippen LogP contribution in [0, 0.1) is 20.2 Å². The molecule has 4 rings (SSSR count). The Hall–Kier alpha value is -4.58. The molecule has 1 amide bonds. The number of para-hydroxylation sites is 1. The lowest BCUT2D eigenvalue weighted by Gasteiger charge is -2.15. The Morgan fingerprint density at radius 3 is 2.41 bits per heavy atom. The number of benzene rings is 3. The number of hydrazone groups is 1. The van der Waals surface area contributed by atoms with Gasteiger partial charge in [-0.3, -0.25) is 25.0 Å². The number of nitro groups is 2. The van der Waals surface area contributed by atoms with E-state index in [1.165, 1.54) is 5.01 Å². The Labute approximate surface area is 219 Å². The Morgan fingerprint density at radius 2 is 1.76 bits per heavy atom. The molecule has 0 atom stereocenters. The fourth-order valence-corrected chi connectivity index (χ4v) is 4.13. The van der Waals surface area contributed by atoms with Crippen molar-refractivity contribution >= 4 is 50.7 Å². The van der Waals surface area contributed by atoms with E-state index in [0.29, 0.717) is 27.0 Å². The molecule has 0 radical (unpaired) electrons. The second-order valence-corrected chi connectivity index (χ2v) is 8.58. The van der Waals surface area contributed by atoms with Crippen LogP contribution in [0.25, 0.3) is 6.08 Å². The van der Waals surface area contributed by atoms with Gasteiger partial charge in [-0.25, -0.2) is 0 Å². The van der Waals surface area contributed by atoms with Crippen LogP contribution in [-0.4, -0.2) is 28.1 Å². The van der Waals surface area contributed by atoms with Gasteiger partial charge in [0.2, 0.25) is 5.75 Å². The molecule has 0 N–H and O–H groups in total. The van der Waals surface area contributed by atoms with Gasteiger partial charge in [-0.05, 0) is 71.7 Å². The predicted molar refractivity (Wildman–Crippen MR) is 140 cm³/mol. The molecule has 11 nitrogen and oxygen atoms in total. The number of ether oxygens (including phenoxy) is 2. The molecule has 0 aliphatic carbocycles. The first kappa shape index (κ1) is 25.5. The van der Waals surface area contributed by atoms with Gasteiger partial charge < -0.3 is 9.47 Å². The smallest absolute Gasteiger partial charge is 0.318 e. The molecular formula is C25H19BrN4O7. The molecule has 188 valence electrons. The monoisotopic (exact) mass is 566 g/mol. The van der Waals surface area contributed by atoms with Gasteiger partial charge in [-0.15, -0.1) is 0 Å². The third-order valence-electron chi connectivity index (χ3n) is 5.27. The van der Waals surface area contributed by atoms with Crippen molar-refractivity contribution in [3.63, 3.8) is 0 Å². The van der Waals surface area contributed by atoms with E-state index in [4.69, 9.17) is 9.47 Å². The van der Waals surface area contributed by atoms with E-state index in [1.54, 1.807) is 44.2 Å². The number of rotatable bonds is 8. The molecule has 0 saturated heterocycles. The fraction of sp³-hybridized carbons (Fsp3) is 0.120. The zero-order valence-electron chi connectivity index (χ0n) is 19.6. The molecule has 0 bridgehead atoms. The molecule has 1 aliphatic heterocycles. The van der Waals surface area contributed by atoms with Gasteiger partial charge in [0.15, 0.2) is 11.5 Å². The number of non-ortho nitro benzene ring substituents is 1. The Kier molecular flexibility index (Phi) is 7.30. The fourth-order valence-electron chi connectivity index (χ4n) is 3.59. The van der Waals surface area contributed by atoms with Crippen LogP contribution in [0.2, 0.25) is 0 Å². The van der Waals surface area contributed by atoms with E-state index < -0.39 is 21.2 Å². The van der Waals surface area contributed by atoms with E-state index in [-0.39, 0.29) is 29.8 Å². The average Bonchev–Trinajstić information content (AvgIpc) is 3.15. The third-order valence-corrected chi connectivity index (χ3v) is 5.86. The number of nitro benzene ring substituents is 2. The van der Waals surface area contributed by atoms with Gasteiger partial charge in [0, 0.05) is 6.07 Å². The molecule has 0 fully saturated rings. The molecular weight excluding hydrogens is 548 g/mol. The lowest BCUT2D eigenvalue weighted by molar-refractivity contribution is -0.394. The van der Waals surface area contributed by atoms with Crippen LogP contribution in [0.15, 0.2) is 75.8 Å². The minimum absolute atomic E-state index is 0.134. The summed E-state index contributed by atoms with van der Waals surface area (Å²) in [5.74, 6) is -0.109. The Bertz CT molecular complexity index is 1470. The van der Waals surface area contributed by atoms with Crippen LogP contribution in [0.1, 0.15) is 19.4 Å². The molecule has 0 saturated carbocycles. The summed E-state index contributed by atoms with van der Waals surface area (Å²) >= 11 is 3.42. The van der Waals surface area contributed by atoms with E-state index in [2.05, 4.69) is 21.0 Å².